The number of thioether (sulfide) groups is 2. The number of hydrogen-bond donors (Lipinski definition) is 0. The minimum absolute atomic E-state index is 0.449. The van der Waals surface area contributed by atoms with Crippen molar-refractivity contribution in [3.63, 3.8) is 0 Å². The van der Waals surface area contributed by atoms with E-state index in [9.17, 15) is 0 Å². The SMILES string of the molecule is CC(C(=Nc1ccccc1)c1ccccc1)C1SCCS1. The second kappa shape index (κ2) is 7.19. The molecule has 108 valence electrons. The van der Waals surface area contributed by atoms with Crippen LogP contribution in [0.1, 0.15) is 12.5 Å². The van der Waals surface area contributed by atoms with Crippen LogP contribution in [0, 0.1) is 5.92 Å². The van der Waals surface area contributed by atoms with E-state index in [0.29, 0.717) is 10.5 Å². The molecule has 1 fully saturated rings. The van der Waals surface area contributed by atoms with Gasteiger partial charge in [-0.05, 0) is 17.7 Å². The molecule has 1 saturated heterocycles. The fourth-order valence-electron chi connectivity index (χ4n) is 2.47. The molecule has 0 N–H and O–H groups in total. The molecule has 0 aromatic heterocycles. The second-order valence-corrected chi connectivity index (χ2v) is 7.89. The Balaban J connectivity index is 1.96. The van der Waals surface area contributed by atoms with Crippen LogP contribution >= 0.6 is 23.5 Å². The summed E-state index contributed by atoms with van der Waals surface area (Å²) < 4.78 is 0.618. The molecule has 2 aromatic carbocycles. The summed E-state index contributed by atoms with van der Waals surface area (Å²) in [7, 11) is 0. The Morgan fingerprint density at radius 1 is 0.952 bits per heavy atom. The van der Waals surface area contributed by atoms with Gasteiger partial charge in [0.1, 0.15) is 0 Å². The Morgan fingerprint density at radius 2 is 1.52 bits per heavy atom. The highest BCUT2D eigenvalue weighted by Gasteiger charge is 2.27. The molecule has 1 aliphatic heterocycles. The minimum atomic E-state index is 0.449. The molecule has 1 unspecified atom stereocenters. The maximum absolute atomic E-state index is 4.96. The van der Waals surface area contributed by atoms with Crippen molar-refractivity contribution in [3.05, 3.63) is 66.2 Å². The van der Waals surface area contributed by atoms with Crippen LogP contribution in [0.25, 0.3) is 0 Å². The lowest BCUT2D eigenvalue weighted by Crippen LogP contribution is -2.20. The fraction of sp³-hybridized carbons (Fsp3) is 0.278. The number of nitrogens with zero attached hydrogens (tertiary/aromatic N) is 1. The molecule has 3 rings (SSSR count). The summed E-state index contributed by atoms with van der Waals surface area (Å²) >= 11 is 4.13. The Hall–Kier alpha value is -1.19. The fourth-order valence-corrected chi connectivity index (χ4v) is 5.51. The lowest BCUT2D eigenvalue weighted by molar-refractivity contribution is 0.867. The zero-order valence-electron chi connectivity index (χ0n) is 12.1. The van der Waals surface area contributed by atoms with Crippen molar-refractivity contribution in [2.24, 2.45) is 10.9 Å². The molecule has 0 bridgehead atoms. The van der Waals surface area contributed by atoms with Gasteiger partial charge in [0.15, 0.2) is 0 Å². The van der Waals surface area contributed by atoms with Gasteiger partial charge in [-0.3, -0.25) is 4.99 Å². The highest BCUT2D eigenvalue weighted by atomic mass is 32.2. The summed E-state index contributed by atoms with van der Waals surface area (Å²) in [4.78, 5) is 4.96. The molecule has 1 nitrogen and oxygen atoms in total. The molecule has 1 heterocycles. The number of para-hydroxylation sites is 1. The highest BCUT2D eigenvalue weighted by molar-refractivity contribution is 8.20. The molecular formula is C18H19NS2. The summed E-state index contributed by atoms with van der Waals surface area (Å²) in [5, 5.41) is 0. The van der Waals surface area contributed by atoms with Crippen molar-refractivity contribution >= 4 is 34.9 Å². The molecule has 0 radical (unpaired) electrons. The largest absolute Gasteiger partial charge is 0.252 e. The molecule has 1 atom stereocenters. The van der Waals surface area contributed by atoms with Gasteiger partial charge in [-0.25, -0.2) is 0 Å². The summed E-state index contributed by atoms with van der Waals surface area (Å²) in [6.07, 6.45) is 0. The molecule has 2 aromatic rings. The van der Waals surface area contributed by atoms with Gasteiger partial charge >= 0.3 is 0 Å². The standard InChI is InChI=1S/C18H19NS2/c1-14(18-20-12-13-21-18)17(15-8-4-2-5-9-15)19-16-10-6-3-7-11-16/h2-11,14,18H,12-13H2,1H3. The zero-order chi connectivity index (χ0) is 14.5. The minimum Gasteiger partial charge on any atom is -0.252 e. The topological polar surface area (TPSA) is 12.4 Å². The second-order valence-electron chi connectivity index (χ2n) is 5.10. The van der Waals surface area contributed by atoms with E-state index in [-0.39, 0.29) is 0 Å². The normalized spacial score (nSPS) is 17.9. The third-order valence-electron chi connectivity index (χ3n) is 3.56. The highest BCUT2D eigenvalue weighted by Crippen LogP contribution is 2.39. The van der Waals surface area contributed by atoms with Gasteiger partial charge in [-0.2, -0.15) is 0 Å². The van der Waals surface area contributed by atoms with Crippen molar-refractivity contribution in [2.75, 3.05) is 11.5 Å². The Labute approximate surface area is 135 Å². The van der Waals surface area contributed by atoms with E-state index in [0.717, 1.165) is 5.69 Å². The average molecular weight is 313 g/mol. The number of hydrogen-bond acceptors (Lipinski definition) is 3. The summed E-state index contributed by atoms with van der Waals surface area (Å²) in [6.45, 7) is 2.31. The first-order chi connectivity index (χ1) is 10.3. The Bertz CT molecular complexity index is 589. The van der Waals surface area contributed by atoms with Crippen molar-refractivity contribution in [2.45, 2.75) is 11.5 Å². The Morgan fingerprint density at radius 3 is 2.14 bits per heavy atom. The van der Waals surface area contributed by atoms with Crippen LogP contribution in [0.2, 0.25) is 0 Å². The van der Waals surface area contributed by atoms with Crippen LogP contribution < -0.4 is 0 Å². The van der Waals surface area contributed by atoms with Crippen LogP contribution in [0.15, 0.2) is 65.7 Å². The van der Waals surface area contributed by atoms with E-state index < -0.39 is 0 Å². The third kappa shape index (κ3) is 3.72. The van der Waals surface area contributed by atoms with Crippen molar-refractivity contribution in [1.82, 2.24) is 0 Å². The lowest BCUT2D eigenvalue weighted by Gasteiger charge is -2.20. The molecule has 21 heavy (non-hydrogen) atoms. The van der Waals surface area contributed by atoms with E-state index in [4.69, 9.17) is 4.99 Å². The first-order valence-corrected chi connectivity index (χ1v) is 9.36. The van der Waals surface area contributed by atoms with E-state index in [1.54, 1.807) is 0 Å². The summed E-state index contributed by atoms with van der Waals surface area (Å²) in [6, 6.07) is 20.9. The van der Waals surface area contributed by atoms with Gasteiger partial charge < -0.3 is 0 Å². The number of rotatable bonds is 4. The Kier molecular flexibility index (Phi) is 5.04. The van der Waals surface area contributed by atoms with Crippen LogP contribution in [-0.2, 0) is 0 Å². The van der Waals surface area contributed by atoms with Gasteiger partial charge in [0.2, 0.25) is 0 Å². The van der Waals surface area contributed by atoms with Gasteiger partial charge in [0.05, 0.1) is 16.0 Å². The van der Waals surface area contributed by atoms with E-state index in [1.807, 2.05) is 18.2 Å². The maximum atomic E-state index is 4.96. The average Bonchev–Trinajstić information content (AvgIpc) is 3.08. The van der Waals surface area contributed by atoms with E-state index in [2.05, 4.69) is 72.9 Å². The maximum Gasteiger partial charge on any atom is 0.0633 e. The number of aliphatic imine (C=N–C) groups is 1. The van der Waals surface area contributed by atoms with Crippen LogP contribution in [-0.4, -0.2) is 21.8 Å². The summed E-state index contributed by atoms with van der Waals surface area (Å²) in [5.41, 5.74) is 3.48. The van der Waals surface area contributed by atoms with Crippen molar-refractivity contribution in [3.8, 4) is 0 Å². The molecule has 0 saturated carbocycles. The van der Waals surface area contributed by atoms with Gasteiger partial charge in [-0.1, -0.05) is 55.5 Å². The van der Waals surface area contributed by atoms with Gasteiger partial charge in [0.25, 0.3) is 0 Å². The monoisotopic (exact) mass is 313 g/mol. The van der Waals surface area contributed by atoms with Crippen LogP contribution in [0.5, 0.6) is 0 Å². The number of benzene rings is 2. The van der Waals surface area contributed by atoms with E-state index in [1.165, 1.54) is 22.8 Å². The first kappa shape index (κ1) is 14.7. The quantitative estimate of drug-likeness (QED) is 0.715. The van der Waals surface area contributed by atoms with Crippen LogP contribution in [0.4, 0.5) is 5.69 Å². The molecule has 3 heteroatoms. The van der Waals surface area contributed by atoms with Crippen molar-refractivity contribution in [1.29, 1.82) is 0 Å². The first-order valence-electron chi connectivity index (χ1n) is 7.27. The smallest absolute Gasteiger partial charge is 0.0633 e. The van der Waals surface area contributed by atoms with Crippen molar-refractivity contribution < 1.29 is 0 Å². The molecule has 1 aliphatic rings. The van der Waals surface area contributed by atoms with Crippen LogP contribution in [0.3, 0.4) is 0 Å². The lowest BCUT2D eigenvalue weighted by atomic mass is 9.99. The molecule has 0 amide bonds. The molecule has 0 spiro atoms. The predicted octanol–water partition coefficient (Wildman–Crippen LogP) is 5.25. The summed E-state index contributed by atoms with van der Waals surface area (Å²) in [5.74, 6) is 2.96. The third-order valence-corrected chi connectivity index (χ3v) is 6.99. The molecular weight excluding hydrogens is 294 g/mol. The predicted molar refractivity (Wildman–Crippen MR) is 96.9 cm³/mol. The zero-order valence-corrected chi connectivity index (χ0v) is 13.7. The van der Waals surface area contributed by atoms with E-state index >= 15 is 0 Å². The molecule has 0 aliphatic carbocycles. The van der Waals surface area contributed by atoms with Gasteiger partial charge in [-0.15, -0.1) is 23.5 Å². The van der Waals surface area contributed by atoms with Gasteiger partial charge in [0, 0.05) is 17.4 Å².